The normalized spacial score (nSPS) is 13.9. The SMILES string of the molecule is Cc1c(C(=O)Nc2cccc([N+](=O)[O-])c2)oc2c1/C(=N/NC(=O)c1ccccc1Cl)CCC2. The molecule has 10 heteroatoms. The summed E-state index contributed by atoms with van der Waals surface area (Å²) < 4.78 is 5.83. The molecule has 0 fully saturated rings. The van der Waals surface area contributed by atoms with Crippen LogP contribution in [0.3, 0.4) is 0 Å². The number of rotatable bonds is 5. The van der Waals surface area contributed by atoms with Crippen molar-refractivity contribution in [3.8, 4) is 0 Å². The van der Waals surface area contributed by atoms with Gasteiger partial charge in [0, 0.05) is 35.4 Å². The van der Waals surface area contributed by atoms with E-state index in [2.05, 4.69) is 15.8 Å². The minimum absolute atomic E-state index is 0.0959. The molecular weight excluding hydrogens is 448 g/mol. The monoisotopic (exact) mass is 466 g/mol. The van der Waals surface area contributed by atoms with Gasteiger partial charge in [0.2, 0.25) is 0 Å². The third-order valence-corrected chi connectivity index (χ3v) is 5.59. The number of nitrogens with one attached hydrogen (secondary N) is 2. The van der Waals surface area contributed by atoms with Gasteiger partial charge >= 0.3 is 0 Å². The molecule has 9 nitrogen and oxygen atoms in total. The van der Waals surface area contributed by atoms with Crippen molar-refractivity contribution in [3.63, 3.8) is 0 Å². The van der Waals surface area contributed by atoms with E-state index >= 15 is 0 Å². The number of aryl methyl sites for hydroxylation is 1. The van der Waals surface area contributed by atoms with E-state index < -0.39 is 16.7 Å². The number of carbonyl (C=O) groups excluding carboxylic acids is 2. The number of halogens is 1. The first-order chi connectivity index (χ1) is 15.8. The highest BCUT2D eigenvalue weighted by Crippen LogP contribution is 2.30. The smallest absolute Gasteiger partial charge is 0.291 e. The zero-order chi connectivity index (χ0) is 23.5. The number of carbonyl (C=O) groups is 2. The van der Waals surface area contributed by atoms with Gasteiger partial charge in [-0.05, 0) is 38.0 Å². The summed E-state index contributed by atoms with van der Waals surface area (Å²) in [5.74, 6) is -0.265. The number of furan rings is 1. The zero-order valence-corrected chi connectivity index (χ0v) is 18.3. The van der Waals surface area contributed by atoms with Crippen LogP contribution < -0.4 is 10.7 Å². The highest BCUT2D eigenvalue weighted by Gasteiger charge is 2.28. The van der Waals surface area contributed by atoms with E-state index in [-0.39, 0.29) is 17.1 Å². The van der Waals surface area contributed by atoms with Gasteiger partial charge in [-0.2, -0.15) is 5.10 Å². The number of anilines is 1. The van der Waals surface area contributed by atoms with Gasteiger partial charge in [0.05, 0.1) is 21.2 Å². The van der Waals surface area contributed by atoms with Gasteiger partial charge in [-0.25, -0.2) is 5.43 Å². The quantitative estimate of drug-likeness (QED) is 0.409. The lowest BCUT2D eigenvalue weighted by Crippen LogP contribution is -2.22. The van der Waals surface area contributed by atoms with Crippen LogP contribution in [-0.2, 0) is 6.42 Å². The molecular formula is C23H19ClN4O5. The van der Waals surface area contributed by atoms with Crippen LogP contribution in [-0.4, -0.2) is 22.4 Å². The number of hydrogen-bond acceptors (Lipinski definition) is 6. The van der Waals surface area contributed by atoms with E-state index in [1.54, 1.807) is 37.3 Å². The highest BCUT2D eigenvalue weighted by atomic mass is 35.5. The Bertz CT molecular complexity index is 1300. The predicted molar refractivity (Wildman–Crippen MR) is 123 cm³/mol. The molecule has 0 saturated heterocycles. The number of hydrazone groups is 1. The first kappa shape index (κ1) is 22.2. The lowest BCUT2D eigenvalue weighted by Gasteiger charge is -2.13. The summed E-state index contributed by atoms with van der Waals surface area (Å²) in [4.78, 5) is 35.7. The summed E-state index contributed by atoms with van der Waals surface area (Å²) >= 11 is 6.07. The zero-order valence-electron chi connectivity index (χ0n) is 17.6. The second kappa shape index (κ2) is 9.25. The number of fused-ring (bicyclic) bond motifs is 1. The van der Waals surface area contributed by atoms with Gasteiger partial charge in [-0.3, -0.25) is 19.7 Å². The fraction of sp³-hybridized carbons (Fsp3) is 0.174. The average Bonchev–Trinajstić information content (AvgIpc) is 3.15. The van der Waals surface area contributed by atoms with E-state index in [9.17, 15) is 19.7 Å². The first-order valence-corrected chi connectivity index (χ1v) is 10.5. The van der Waals surface area contributed by atoms with E-state index in [4.69, 9.17) is 16.0 Å². The Kier molecular flexibility index (Phi) is 6.23. The number of nitro benzene ring substituents is 1. The molecule has 0 aliphatic heterocycles. The molecule has 4 rings (SSSR count). The summed E-state index contributed by atoms with van der Waals surface area (Å²) in [5.41, 5.74) is 4.86. The van der Waals surface area contributed by atoms with E-state index in [1.165, 1.54) is 18.2 Å². The molecule has 0 radical (unpaired) electrons. The molecule has 2 aromatic carbocycles. The van der Waals surface area contributed by atoms with Crippen molar-refractivity contribution in [1.29, 1.82) is 0 Å². The maximum absolute atomic E-state index is 12.8. The minimum atomic E-state index is -0.536. The van der Waals surface area contributed by atoms with Crippen LogP contribution in [0.4, 0.5) is 11.4 Å². The molecule has 2 N–H and O–H groups in total. The van der Waals surface area contributed by atoms with Gasteiger partial charge < -0.3 is 9.73 Å². The van der Waals surface area contributed by atoms with Crippen LogP contribution in [0.2, 0.25) is 5.02 Å². The summed E-state index contributed by atoms with van der Waals surface area (Å²) in [5, 5.41) is 18.2. The van der Waals surface area contributed by atoms with Gasteiger partial charge in [0.25, 0.3) is 17.5 Å². The molecule has 0 atom stereocenters. The number of nitrogens with zero attached hydrogens (tertiary/aromatic N) is 2. The fourth-order valence-electron chi connectivity index (χ4n) is 3.71. The topological polar surface area (TPSA) is 127 Å². The Morgan fingerprint density at radius 3 is 2.67 bits per heavy atom. The third-order valence-electron chi connectivity index (χ3n) is 5.26. The van der Waals surface area contributed by atoms with E-state index in [0.717, 1.165) is 6.42 Å². The van der Waals surface area contributed by atoms with Crippen LogP contribution in [0.15, 0.2) is 58.0 Å². The number of non-ortho nitro benzene ring substituents is 1. The predicted octanol–water partition coefficient (Wildman–Crippen LogP) is 4.87. The highest BCUT2D eigenvalue weighted by molar-refractivity contribution is 6.33. The van der Waals surface area contributed by atoms with Crippen LogP contribution in [0.25, 0.3) is 0 Å². The van der Waals surface area contributed by atoms with Crippen LogP contribution >= 0.6 is 11.6 Å². The maximum atomic E-state index is 12.8. The average molecular weight is 467 g/mol. The van der Waals surface area contributed by atoms with E-state index in [0.29, 0.717) is 46.0 Å². The molecule has 3 aromatic rings. The number of benzene rings is 2. The molecule has 1 heterocycles. The maximum Gasteiger partial charge on any atom is 0.291 e. The minimum Gasteiger partial charge on any atom is -0.455 e. The lowest BCUT2D eigenvalue weighted by molar-refractivity contribution is -0.384. The van der Waals surface area contributed by atoms with Crippen molar-refractivity contribution in [1.82, 2.24) is 5.43 Å². The van der Waals surface area contributed by atoms with Crippen molar-refractivity contribution >= 4 is 40.5 Å². The summed E-state index contributed by atoms with van der Waals surface area (Å²) in [6.45, 7) is 1.74. The van der Waals surface area contributed by atoms with Crippen molar-refractivity contribution in [2.45, 2.75) is 26.2 Å². The third kappa shape index (κ3) is 4.63. The molecule has 2 amide bonds. The number of nitro groups is 1. The second-order valence-electron chi connectivity index (χ2n) is 7.45. The number of amides is 2. The van der Waals surface area contributed by atoms with Crippen LogP contribution in [0, 0.1) is 17.0 Å². The molecule has 0 bridgehead atoms. The lowest BCUT2D eigenvalue weighted by atomic mass is 9.93. The van der Waals surface area contributed by atoms with E-state index in [1.807, 2.05) is 0 Å². The second-order valence-corrected chi connectivity index (χ2v) is 7.86. The Morgan fingerprint density at radius 1 is 1.12 bits per heavy atom. The van der Waals surface area contributed by atoms with Crippen molar-refractivity contribution in [2.24, 2.45) is 5.10 Å². The molecule has 1 aliphatic carbocycles. The van der Waals surface area contributed by atoms with Gasteiger partial charge in [-0.15, -0.1) is 0 Å². The molecule has 0 saturated carbocycles. The molecule has 0 unspecified atom stereocenters. The largest absolute Gasteiger partial charge is 0.455 e. The number of hydrogen-bond donors (Lipinski definition) is 2. The van der Waals surface area contributed by atoms with Crippen molar-refractivity contribution in [2.75, 3.05) is 5.32 Å². The summed E-state index contributed by atoms with van der Waals surface area (Å²) in [6, 6.07) is 12.3. The fourth-order valence-corrected chi connectivity index (χ4v) is 3.93. The molecule has 1 aliphatic rings. The van der Waals surface area contributed by atoms with Gasteiger partial charge in [0.1, 0.15) is 5.76 Å². The Morgan fingerprint density at radius 2 is 1.91 bits per heavy atom. The Hall–Kier alpha value is -3.98. The molecule has 0 spiro atoms. The summed E-state index contributed by atoms with van der Waals surface area (Å²) in [7, 11) is 0. The molecule has 33 heavy (non-hydrogen) atoms. The summed E-state index contributed by atoms with van der Waals surface area (Å²) in [6.07, 6.45) is 1.96. The van der Waals surface area contributed by atoms with Crippen molar-refractivity contribution < 1.29 is 18.9 Å². The van der Waals surface area contributed by atoms with Gasteiger partial charge in [0.15, 0.2) is 5.76 Å². The van der Waals surface area contributed by atoms with Crippen LogP contribution in [0.5, 0.6) is 0 Å². The van der Waals surface area contributed by atoms with Crippen LogP contribution in [0.1, 0.15) is 50.6 Å². The van der Waals surface area contributed by atoms with Gasteiger partial charge in [-0.1, -0.05) is 29.8 Å². The Balaban J connectivity index is 1.57. The standard InChI is InChI=1S/C23H19ClN4O5/c1-13-20-18(26-27-22(29)16-8-2-3-9-17(16)24)10-5-11-19(20)33-21(13)23(30)25-14-6-4-7-15(12-14)28(31)32/h2-4,6-9,12H,5,10-11H2,1H3,(H,25,30)(H,27,29)/b26-18+. The molecule has 168 valence electrons. The first-order valence-electron chi connectivity index (χ1n) is 10.1. The molecule has 1 aromatic heterocycles. The van der Waals surface area contributed by atoms with Crippen molar-refractivity contribution in [3.05, 3.63) is 91.9 Å². The Labute approximate surface area is 193 Å².